The predicted molar refractivity (Wildman–Crippen MR) is 136 cm³/mol. The van der Waals surface area contributed by atoms with Crippen molar-refractivity contribution in [1.82, 2.24) is 20.0 Å². The van der Waals surface area contributed by atoms with Gasteiger partial charge in [0.05, 0.1) is 22.5 Å². The number of fused-ring (bicyclic) bond motifs is 1. The standard InChI is InChI=1S/C26H27ClN6O/c1-16-4-8-21(9-5-16)28-26(34)19-12-14-32(15-13-19)25-24-23(17(2)29-30-25)18(3)33(31-24)22-10-6-20(27)7-11-22/h4-11,19H,12-15H2,1-3H3,(H,28,34). The molecule has 1 saturated heterocycles. The lowest BCUT2D eigenvalue weighted by Gasteiger charge is -2.32. The summed E-state index contributed by atoms with van der Waals surface area (Å²) < 4.78 is 1.92. The van der Waals surface area contributed by atoms with Crippen molar-refractivity contribution in [2.45, 2.75) is 33.6 Å². The fourth-order valence-electron chi connectivity index (χ4n) is 4.59. The summed E-state index contributed by atoms with van der Waals surface area (Å²) in [6, 6.07) is 15.5. The lowest BCUT2D eigenvalue weighted by Crippen LogP contribution is -2.38. The van der Waals surface area contributed by atoms with E-state index in [0.29, 0.717) is 5.02 Å². The summed E-state index contributed by atoms with van der Waals surface area (Å²) >= 11 is 6.07. The molecule has 8 heteroatoms. The van der Waals surface area contributed by atoms with Gasteiger partial charge in [0.25, 0.3) is 0 Å². The number of piperidine rings is 1. The summed E-state index contributed by atoms with van der Waals surface area (Å²) in [7, 11) is 0. The second kappa shape index (κ2) is 9.06. The molecular formula is C26H27ClN6O. The highest BCUT2D eigenvalue weighted by Gasteiger charge is 2.28. The molecule has 1 fully saturated rings. The number of nitrogens with zero attached hydrogens (tertiary/aromatic N) is 5. The molecule has 4 aromatic rings. The summed E-state index contributed by atoms with van der Waals surface area (Å²) in [6.07, 6.45) is 1.51. The summed E-state index contributed by atoms with van der Waals surface area (Å²) in [5, 5.41) is 18.6. The summed E-state index contributed by atoms with van der Waals surface area (Å²) in [4.78, 5) is 15.0. The van der Waals surface area contributed by atoms with Gasteiger partial charge in [-0.25, -0.2) is 4.68 Å². The van der Waals surface area contributed by atoms with Crippen LogP contribution in [0.25, 0.3) is 16.6 Å². The minimum absolute atomic E-state index is 0.0280. The topological polar surface area (TPSA) is 75.9 Å². The van der Waals surface area contributed by atoms with E-state index in [0.717, 1.165) is 65.4 Å². The maximum atomic E-state index is 12.8. The molecule has 3 heterocycles. The molecule has 0 spiro atoms. The van der Waals surface area contributed by atoms with Crippen LogP contribution in [0.5, 0.6) is 0 Å². The quantitative estimate of drug-likeness (QED) is 0.437. The molecule has 2 aromatic carbocycles. The Morgan fingerprint density at radius 2 is 1.65 bits per heavy atom. The number of anilines is 2. The van der Waals surface area contributed by atoms with Gasteiger partial charge in [-0.15, -0.1) is 5.10 Å². The van der Waals surface area contributed by atoms with Gasteiger partial charge in [-0.3, -0.25) is 4.79 Å². The van der Waals surface area contributed by atoms with Crippen molar-refractivity contribution in [3.8, 4) is 5.69 Å². The highest BCUT2D eigenvalue weighted by Crippen LogP contribution is 2.32. The maximum absolute atomic E-state index is 12.8. The number of hydrogen-bond acceptors (Lipinski definition) is 5. The van der Waals surface area contributed by atoms with Gasteiger partial charge in [0.1, 0.15) is 5.52 Å². The first-order chi connectivity index (χ1) is 16.4. The van der Waals surface area contributed by atoms with Gasteiger partial charge in [-0.2, -0.15) is 10.2 Å². The number of carbonyl (C=O) groups is 1. The van der Waals surface area contributed by atoms with Crippen LogP contribution in [0.3, 0.4) is 0 Å². The molecule has 0 atom stereocenters. The number of aromatic nitrogens is 4. The van der Waals surface area contributed by atoms with E-state index in [2.05, 4.69) is 20.4 Å². The molecule has 7 nitrogen and oxygen atoms in total. The first-order valence-electron chi connectivity index (χ1n) is 11.5. The number of nitrogens with one attached hydrogen (secondary N) is 1. The van der Waals surface area contributed by atoms with E-state index in [1.54, 1.807) is 0 Å². The van der Waals surface area contributed by atoms with E-state index in [-0.39, 0.29) is 11.8 Å². The number of aryl methyl sites for hydroxylation is 3. The molecule has 0 radical (unpaired) electrons. The molecule has 0 aliphatic carbocycles. The zero-order valence-electron chi connectivity index (χ0n) is 19.5. The Morgan fingerprint density at radius 3 is 2.32 bits per heavy atom. The Hall–Kier alpha value is -3.45. The van der Waals surface area contributed by atoms with Crippen LogP contribution in [0, 0.1) is 26.7 Å². The highest BCUT2D eigenvalue weighted by molar-refractivity contribution is 6.30. The number of halogens is 1. The average molecular weight is 475 g/mol. The second-order valence-electron chi connectivity index (χ2n) is 8.92. The van der Waals surface area contributed by atoms with Crippen LogP contribution < -0.4 is 10.2 Å². The zero-order valence-corrected chi connectivity index (χ0v) is 20.3. The molecule has 174 valence electrons. The van der Waals surface area contributed by atoms with Crippen molar-refractivity contribution in [3.63, 3.8) is 0 Å². The fraction of sp³-hybridized carbons (Fsp3) is 0.308. The number of amides is 1. The normalized spacial score (nSPS) is 14.5. The molecule has 34 heavy (non-hydrogen) atoms. The number of benzene rings is 2. The molecular weight excluding hydrogens is 448 g/mol. The Labute approximate surface area is 203 Å². The Balaban J connectivity index is 1.36. The third-order valence-corrected chi connectivity index (χ3v) is 6.79. The molecule has 1 amide bonds. The minimum Gasteiger partial charge on any atom is -0.353 e. The molecule has 5 rings (SSSR count). The van der Waals surface area contributed by atoms with Crippen LogP contribution in [0.4, 0.5) is 11.5 Å². The van der Waals surface area contributed by atoms with E-state index < -0.39 is 0 Å². The SMILES string of the molecule is Cc1ccc(NC(=O)C2CCN(c3nnc(C)c4c(C)n(-c5ccc(Cl)cc5)nc34)CC2)cc1. The van der Waals surface area contributed by atoms with Crippen LogP contribution in [-0.4, -0.2) is 39.0 Å². The van der Waals surface area contributed by atoms with E-state index in [1.807, 2.05) is 74.0 Å². The average Bonchev–Trinajstić information content (AvgIpc) is 3.19. The van der Waals surface area contributed by atoms with Gasteiger partial charge >= 0.3 is 0 Å². The van der Waals surface area contributed by atoms with Gasteiger partial charge in [0.15, 0.2) is 5.82 Å². The van der Waals surface area contributed by atoms with Crippen LogP contribution in [0.1, 0.15) is 29.8 Å². The lowest BCUT2D eigenvalue weighted by atomic mass is 9.95. The monoisotopic (exact) mass is 474 g/mol. The largest absolute Gasteiger partial charge is 0.353 e. The molecule has 0 bridgehead atoms. The predicted octanol–water partition coefficient (Wildman–Crippen LogP) is 5.25. The Bertz CT molecular complexity index is 1340. The summed E-state index contributed by atoms with van der Waals surface area (Å²) in [6.45, 7) is 7.50. The maximum Gasteiger partial charge on any atom is 0.227 e. The highest BCUT2D eigenvalue weighted by atomic mass is 35.5. The third-order valence-electron chi connectivity index (χ3n) is 6.54. The molecule has 1 aliphatic rings. The number of hydrogen-bond donors (Lipinski definition) is 1. The van der Waals surface area contributed by atoms with Crippen molar-refractivity contribution in [2.75, 3.05) is 23.3 Å². The van der Waals surface area contributed by atoms with E-state index in [9.17, 15) is 4.79 Å². The van der Waals surface area contributed by atoms with Gasteiger partial charge in [0.2, 0.25) is 5.91 Å². The van der Waals surface area contributed by atoms with Crippen molar-refractivity contribution >= 4 is 39.9 Å². The van der Waals surface area contributed by atoms with Crippen LogP contribution in [-0.2, 0) is 4.79 Å². The van der Waals surface area contributed by atoms with Crippen LogP contribution in [0.15, 0.2) is 48.5 Å². The second-order valence-corrected chi connectivity index (χ2v) is 9.36. The van der Waals surface area contributed by atoms with Crippen molar-refractivity contribution < 1.29 is 4.79 Å². The minimum atomic E-state index is -0.0280. The van der Waals surface area contributed by atoms with Crippen molar-refractivity contribution in [1.29, 1.82) is 0 Å². The van der Waals surface area contributed by atoms with Crippen LogP contribution >= 0.6 is 11.6 Å². The lowest BCUT2D eigenvalue weighted by molar-refractivity contribution is -0.120. The summed E-state index contributed by atoms with van der Waals surface area (Å²) in [5.74, 6) is 0.820. The first kappa shape index (κ1) is 22.3. The number of carbonyl (C=O) groups excluding carboxylic acids is 1. The van der Waals surface area contributed by atoms with Gasteiger partial charge < -0.3 is 10.2 Å². The van der Waals surface area contributed by atoms with E-state index >= 15 is 0 Å². The van der Waals surface area contributed by atoms with E-state index in [1.165, 1.54) is 5.56 Å². The molecule has 1 aliphatic heterocycles. The molecule has 0 saturated carbocycles. The number of rotatable bonds is 4. The van der Waals surface area contributed by atoms with Crippen molar-refractivity contribution in [2.24, 2.45) is 5.92 Å². The first-order valence-corrected chi connectivity index (χ1v) is 11.9. The van der Waals surface area contributed by atoms with Gasteiger partial charge in [-0.05, 0) is 70.0 Å². The summed E-state index contributed by atoms with van der Waals surface area (Å²) in [5.41, 5.74) is 5.65. The van der Waals surface area contributed by atoms with Crippen molar-refractivity contribution in [3.05, 3.63) is 70.5 Å². The molecule has 1 N–H and O–H groups in total. The fourth-order valence-corrected chi connectivity index (χ4v) is 4.72. The zero-order chi connectivity index (χ0) is 23.8. The van der Waals surface area contributed by atoms with Gasteiger partial charge in [-0.1, -0.05) is 29.3 Å². The van der Waals surface area contributed by atoms with Crippen LogP contribution in [0.2, 0.25) is 5.02 Å². The van der Waals surface area contributed by atoms with Gasteiger partial charge in [0, 0.05) is 29.7 Å². The van der Waals surface area contributed by atoms with E-state index in [4.69, 9.17) is 16.7 Å². The smallest absolute Gasteiger partial charge is 0.227 e. The molecule has 0 unspecified atom stereocenters. The third kappa shape index (κ3) is 4.23. The Kier molecular flexibility index (Phi) is 5.96. The Morgan fingerprint density at radius 1 is 0.971 bits per heavy atom. The molecule has 2 aromatic heterocycles.